The standard InChI is InChI=1S/C13H11ClINO2/c1-2-16-11(5-6-12(16)13(17)18)9-4-3-8(14)7-10(9)15/h3-7H,2H2,1H3,(H,17,18). The molecular formula is C13H11ClINO2. The van der Waals surface area contributed by atoms with Gasteiger partial charge >= 0.3 is 5.97 Å². The van der Waals surface area contributed by atoms with Crippen LogP contribution >= 0.6 is 34.2 Å². The highest BCUT2D eigenvalue weighted by Crippen LogP contribution is 2.29. The summed E-state index contributed by atoms with van der Waals surface area (Å²) in [6.07, 6.45) is 0. The molecule has 18 heavy (non-hydrogen) atoms. The van der Waals surface area contributed by atoms with Crippen LogP contribution < -0.4 is 0 Å². The van der Waals surface area contributed by atoms with Gasteiger partial charge in [0.2, 0.25) is 0 Å². The average Bonchev–Trinajstić information content (AvgIpc) is 2.72. The first-order chi connectivity index (χ1) is 8.54. The molecule has 3 nitrogen and oxygen atoms in total. The van der Waals surface area contributed by atoms with Gasteiger partial charge in [0.25, 0.3) is 0 Å². The summed E-state index contributed by atoms with van der Waals surface area (Å²) in [4.78, 5) is 11.1. The topological polar surface area (TPSA) is 42.2 Å². The molecule has 0 bridgehead atoms. The molecule has 94 valence electrons. The Kier molecular flexibility index (Phi) is 3.97. The van der Waals surface area contributed by atoms with E-state index < -0.39 is 5.97 Å². The van der Waals surface area contributed by atoms with Gasteiger partial charge in [-0.1, -0.05) is 17.7 Å². The van der Waals surface area contributed by atoms with Crippen LogP contribution in [0.3, 0.4) is 0 Å². The second-order valence-corrected chi connectivity index (χ2v) is 5.38. The van der Waals surface area contributed by atoms with Gasteiger partial charge in [0.15, 0.2) is 0 Å². The number of hydrogen-bond donors (Lipinski definition) is 1. The monoisotopic (exact) mass is 375 g/mol. The van der Waals surface area contributed by atoms with Gasteiger partial charge in [0.05, 0.1) is 0 Å². The molecule has 1 aromatic carbocycles. The Morgan fingerprint density at radius 1 is 1.39 bits per heavy atom. The lowest BCUT2D eigenvalue weighted by Crippen LogP contribution is -2.08. The Labute approximate surface area is 124 Å². The van der Waals surface area contributed by atoms with Gasteiger partial charge in [-0.3, -0.25) is 0 Å². The number of benzene rings is 1. The van der Waals surface area contributed by atoms with Gasteiger partial charge < -0.3 is 9.67 Å². The quantitative estimate of drug-likeness (QED) is 0.820. The fourth-order valence-electron chi connectivity index (χ4n) is 1.93. The molecule has 0 atom stereocenters. The van der Waals surface area contributed by atoms with Gasteiger partial charge in [-0.25, -0.2) is 4.79 Å². The summed E-state index contributed by atoms with van der Waals surface area (Å²) in [5, 5.41) is 9.80. The van der Waals surface area contributed by atoms with E-state index in [1.165, 1.54) is 0 Å². The lowest BCUT2D eigenvalue weighted by atomic mass is 10.1. The minimum Gasteiger partial charge on any atom is -0.477 e. The summed E-state index contributed by atoms with van der Waals surface area (Å²) in [6.45, 7) is 2.54. The molecule has 0 radical (unpaired) electrons. The summed E-state index contributed by atoms with van der Waals surface area (Å²) < 4.78 is 2.79. The molecule has 1 aromatic heterocycles. The van der Waals surface area contributed by atoms with Crippen LogP contribution in [0.2, 0.25) is 5.02 Å². The molecule has 1 N–H and O–H groups in total. The molecule has 2 rings (SSSR count). The van der Waals surface area contributed by atoms with Crippen LogP contribution in [0.1, 0.15) is 17.4 Å². The summed E-state index contributed by atoms with van der Waals surface area (Å²) in [5.41, 5.74) is 2.20. The van der Waals surface area contributed by atoms with Crippen LogP contribution in [0, 0.1) is 3.57 Å². The third kappa shape index (κ3) is 2.40. The van der Waals surface area contributed by atoms with E-state index in [4.69, 9.17) is 16.7 Å². The number of halogens is 2. The number of nitrogens with zero attached hydrogens (tertiary/aromatic N) is 1. The number of rotatable bonds is 3. The highest BCUT2D eigenvalue weighted by atomic mass is 127. The molecule has 0 saturated heterocycles. The van der Waals surface area contributed by atoms with Crippen LogP contribution in [0.4, 0.5) is 0 Å². The van der Waals surface area contributed by atoms with E-state index in [1.807, 2.05) is 31.2 Å². The third-order valence-corrected chi connectivity index (χ3v) is 3.85. The summed E-state index contributed by atoms with van der Waals surface area (Å²) in [6, 6.07) is 9.05. The second-order valence-electron chi connectivity index (χ2n) is 3.78. The normalized spacial score (nSPS) is 10.6. The molecule has 0 fully saturated rings. The zero-order chi connectivity index (χ0) is 13.3. The van der Waals surface area contributed by atoms with Gasteiger partial charge in [-0.2, -0.15) is 0 Å². The van der Waals surface area contributed by atoms with Crippen molar-refractivity contribution in [3.63, 3.8) is 0 Å². The Balaban J connectivity index is 2.60. The molecule has 0 amide bonds. The number of aromatic carboxylic acids is 1. The average molecular weight is 376 g/mol. The van der Waals surface area contributed by atoms with Crippen LogP contribution in [0.15, 0.2) is 30.3 Å². The molecule has 0 aliphatic carbocycles. The van der Waals surface area contributed by atoms with Crippen molar-refractivity contribution in [2.45, 2.75) is 13.5 Å². The van der Waals surface area contributed by atoms with Crippen molar-refractivity contribution in [1.29, 1.82) is 0 Å². The predicted octanol–water partition coefficient (Wildman–Crippen LogP) is 4.13. The highest BCUT2D eigenvalue weighted by Gasteiger charge is 2.15. The van der Waals surface area contributed by atoms with Crippen molar-refractivity contribution in [3.8, 4) is 11.3 Å². The number of hydrogen-bond acceptors (Lipinski definition) is 1. The maximum Gasteiger partial charge on any atom is 0.352 e. The van der Waals surface area contributed by atoms with E-state index >= 15 is 0 Å². The molecular weight excluding hydrogens is 365 g/mol. The summed E-state index contributed by atoms with van der Waals surface area (Å²) in [7, 11) is 0. The van der Waals surface area contributed by atoms with E-state index in [-0.39, 0.29) is 0 Å². The zero-order valence-corrected chi connectivity index (χ0v) is 12.6. The van der Waals surface area contributed by atoms with Crippen molar-refractivity contribution in [3.05, 3.63) is 44.6 Å². The van der Waals surface area contributed by atoms with Crippen molar-refractivity contribution in [1.82, 2.24) is 4.57 Å². The Hall–Kier alpha value is -1.01. The SMILES string of the molecule is CCn1c(C(=O)O)ccc1-c1ccc(Cl)cc1I. The Morgan fingerprint density at radius 3 is 2.67 bits per heavy atom. The third-order valence-electron chi connectivity index (χ3n) is 2.72. The first kappa shape index (κ1) is 13.4. The van der Waals surface area contributed by atoms with Crippen LogP contribution in [-0.4, -0.2) is 15.6 Å². The molecule has 0 aliphatic rings. The largest absolute Gasteiger partial charge is 0.477 e. The van der Waals surface area contributed by atoms with Crippen molar-refractivity contribution < 1.29 is 9.90 Å². The number of carbonyl (C=O) groups is 1. The van der Waals surface area contributed by atoms with Gasteiger partial charge in [0, 0.05) is 26.4 Å². The highest BCUT2D eigenvalue weighted by molar-refractivity contribution is 14.1. The molecule has 5 heteroatoms. The minimum atomic E-state index is -0.910. The maximum atomic E-state index is 11.1. The van der Waals surface area contributed by atoms with Gasteiger partial charge in [-0.15, -0.1) is 0 Å². The summed E-state index contributed by atoms with van der Waals surface area (Å²) in [5.74, 6) is -0.910. The van der Waals surface area contributed by atoms with E-state index in [9.17, 15) is 4.79 Å². The molecule has 1 heterocycles. The smallest absolute Gasteiger partial charge is 0.352 e. The van der Waals surface area contributed by atoms with Crippen LogP contribution in [-0.2, 0) is 6.54 Å². The van der Waals surface area contributed by atoms with Crippen LogP contribution in [0.25, 0.3) is 11.3 Å². The first-order valence-electron chi connectivity index (χ1n) is 5.42. The minimum absolute atomic E-state index is 0.304. The zero-order valence-electron chi connectivity index (χ0n) is 9.65. The van der Waals surface area contributed by atoms with E-state index in [0.717, 1.165) is 14.8 Å². The second kappa shape index (κ2) is 5.32. The van der Waals surface area contributed by atoms with Crippen LogP contribution in [0.5, 0.6) is 0 Å². The molecule has 0 spiro atoms. The number of aromatic nitrogens is 1. The molecule has 0 aliphatic heterocycles. The van der Waals surface area contributed by atoms with Crippen molar-refractivity contribution in [2.24, 2.45) is 0 Å². The van der Waals surface area contributed by atoms with Crippen molar-refractivity contribution >= 4 is 40.2 Å². The van der Waals surface area contributed by atoms with Gasteiger partial charge in [-0.05, 0) is 53.8 Å². The first-order valence-corrected chi connectivity index (χ1v) is 6.88. The van der Waals surface area contributed by atoms with Crippen molar-refractivity contribution in [2.75, 3.05) is 0 Å². The Bertz CT molecular complexity index is 607. The van der Waals surface area contributed by atoms with E-state index in [1.54, 1.807) is 10.6 Å². The maximum absolute atomic E-state index is 11.1. The number of carboxylic acids is 1. The predicted molar refractivity (Wildman–Crippen MR) is 80.2 cm³/mol. The molecule has 0 unspecified atom stereocenters. The lowest BCUT2D eigenvalue weighted by molar-refractivity contribution is 0.0685. The van der Waals surface area contributed by atoms with E-state index in [2.05, 4.69) is 22.6 Å². The molecule has 2 aromatic rings. The fraction of sp³-hybridized carbons (Fsp3) is 0.154. The summed E-state index contributed by atoms with van der Waals surface area (Å²) >= 11 is 8.13. The molecule has 0 saturated carbocycles. The Morgan fingerprint density at radius 2 is 2.11 bits per heavy atom. The fourth-order valence-corrected chi connectivity index (χ4v) is 3.08. The number of carboxylic acid groups (broad SMARTS) is 1. The van der Waals surface area contributed by atoms with E-state index in [0.29, 0.717) is 17.3 Å². The lowest BCUT2D eigenvalue weighted by Gasteiger charge is -2.10. The van der Waals surface area contributed by atoms with Gasteiger partial charge in [0.1, 0.15) is 5.69 Å².